The lowest BCUT2D eigenvalue weighted by atomic mass is 10.0. The van der Waals surface area contributed by atoms with Crippen LogP contribution in [0.15, 0.2) is 43.0 Å². The second kappa shape index (κ2) is 6.98. The maximum atomic E-state index is 12.4. The Morgan fingerprint density at radius 2 is 2.00 bits per heavy atom. The van der Waals surface area contributed by atoms with Gasteiger partial charge in [0.05, 0.1) is 22.9 Å². The molecule has 1 aromatic carbocycles. The summed E-state index contributed by atoms with van der Waals surface area (Å²) in [4.78, 5) is 20.9. The Morgan fingerprint density at radius 1 is 1.20 bits per heavy atom. The molecule has 1 aliphatic rings. The first kappa shape index (κ1) is 15.7. The molecular weight excluding hydrogens is 318 g/mol. The van der Waals surface area contributed by atoms with E-state index < -0.39 is 0 Å². The first-order valence-electron chi connectivity index (χ1n) is 8.40. The lowest BCUT2D eigenvalue weighted by Crippen LogP contribution is -2.20. The highest BCUT2D eigenvalue weighted by atomic mass is 16.5. The standard InChI is InChI=1S/C18H19N5O2/c24-18(14-1-2-16-17(9-14)20-6-5-19-16)22-15-10-21-23(12-15)11-13-3-7-25-8-4-13/h1-2,5-6,9-10,12-13H,3-4,7-8,11H2,(H,22,24). The maximum absolute atomic E-state index is 12.4. The zero-order chi connectivity index (χ0) is 17.1. The van der Waals surface area contributed by atoms with Crippen molar-refractivity contribution in [1.29, 1.82) is 0 Å². The van der Waals surface area contributed by atoms with Crippen molar-refractivity contribution >= 4 is 22.6 Å². The third kappa shape index (κ3) is 3.66. The number of hydrogen-bond donors (Lipinski definition) is 1. The van der Waals surface area contributed by atoms with Gasteiger partial charge in [-0.15, -0.1) is 0 Å². The van der Waals surface area contributed by atoms with Crippen LogP contribution in [0.2, 0.25) is 0 Å². The third-order valence-corrected chi connectivity index (χ3v) is 4.41. The van der Waals surface area contributed by atoms with Crippen LogP contribution < -0.4 is 5.32 Å². The van der Waals surface area contributed by atoms with Crippen molar-refractivity contribution in [3.8, 4) is 0 Å². The second-order valence-corrected chi connectivity index (χ2v) is 6.22. The molecule has 0 bridgehead atoms. The SMILES string of the molecule is O=C(Nc1cnn(CC2CCOCC2)c1)c1ccc2nccnc2c1. The zero-order valence-electron chi connectivity index (χ0n) is 13.8. The molecule has 7 heteroatoms. The summed E-state index contributed by atoms with van der Waals surface area (Å²) in [5.74, 6) is 0.398. The van der Waals surface area contributed by atoms with Crippen molar-refractivity contribution in [3.63, 3.8) is 0 Å². The number of carbonyl (C=O) groups excluding carboxylic acids is 1. The molecule has 0 radical (unpaired) electrons. The number of amides is 1. The molecule has 25 heavy (non-hydrogen) atoms. The van der Waals surface area contributed by atoms with E-state index in [4.69, 9.17) is 4.74 Å². The summed E-state index contributed by atoms with van der Waals surface area (Å²) in [6.45, 7) is 2.49. The average Bonchev–Trinajstić information content (AvgIpc) is 3.09. The molecule has 3 heterocycles. The Balaban J connectivity index is 1.43. The van der Waals surface area contributed by atoms with E-state index in [0.717, 1.165) is 38.1 Å². The van der Waals surface area contributed by atoms with Crippen LogP contribution in [0.4, 0.5) is 5.69 Å². The van der Waals surface area contributed by atoms with Crippen LogP contribution in [0, 0.1) is 5.92 Å². The van der Waals surface area contributed by atoms with E-state index in [1.165, 1.54) is 0 Å². The van der Waals surface area contributed by atoms with Gasteiger partial charge in [-0.2, -0.15) is 5.10 Å². The molecule has 1 saturated heterocycles. The van der Waals surface area contributed by atoms with Gasteiger partial charge in [0.25, 0.3) is 5.91 Å². The predicted molar refractivity (Wildman–Crippen MR) is 93.3 cm³/mol. The van der Waals surface area contributed by atoms with Crippen molar-refractivity contribution in [1.82, 2.24) is 19.7 Å². The Kier molecular flexibility index (Phi) is 4.39. The van der Waals surface area contributed by atoms with Gasteiger partial charge in [0.15, 0.2) is 0 Å². The number of carbonyl (C=O) groups is 1. The van der Waals surface area contributed by atoms with Gasteiger partial charge in [-0.05, 0) is 37.0 Å². The van der Waals surface area contributed by atoms with Gasteiger partial charge < -0.3 is 10.1 Å². The Morgan fingerprint density at radius 3 is 2.84 bits per heavy atom. The third-order valence-electron chi connectivity index (χ3n) is 4.41. The first-order valence-corrected chi connectivity index (χ1v) is 8.40. The van der Waals surface area contributed by atoms with Crippen LogP contribution in [0.3, 0.4) is 0 Å². The van der Waals surface area contributed by atoms with Crippen molar-refractivity contribution in [2.75, 3.05) is 18.5 Å². The van der Waals surface area contributed by atoms with Crippen LogP contribution in [-0.2, 0) is 11.3 Å². The number of nitrogens with zero attached hydrogens (tertiary/aromatic N) is 4. The molecule has 1 fully saturated rings. The Bertz CT molecular complexity index is 886. The fourth-order valence-electron chi connectivity index (χ4n) is 3.03. The number of benzene rings is 1. The van der Waals surface area contributed by atoms with Crippen LogP contribution >= 0.6 is 0 Å². The monoisotopic (exact) mass is 337 g/mol. The molecule has 1 N–H and O–H groups in total. The molecule has 1 aliphatic heterocycles. The normalized spacial score (nSPS) is 15.4. The first-order chi connectivity index (χ1) is 12.3. The van der Waals surface area contributed by atoms with E-state index >= 15 is 0 Å². The number of hydrogen-bond acceptors (Lipinski definition) is 5. The topological polar surface area (TPSA) is 81.9 Å². The van der Waals surface area contributed by atoms with E-state index in [2.05, 4.69) is 20.4 Å². The highest BCUT2D eigenvalue weighted by Crippen LogP contribution is 2.18. The quantitative estimate of drug-likeness (QED) is 0.791. The molecule has 7 nitrogen and oxygen atoms in total. The predicted octanol–water partition coefficient (Wildman–Crippen LogP) is 2.51. The fraction of sp³-hybridized carbons (Fsp3) is 0.333. The van der Waals surface area contributed by atoms with Crippen LogP contribution in [0.5, 0.6) is 0 Å². The summed E-state index contributed by atoms with van der Waals surface area (Å²) >= 11 is 0. The number of fused-ring (bicyclic) bond motifs is 1. The van der Waals surface area contributed by atoms with E-state index in [1.54, 1.807) is 36.8 Å². The lowest BCUT2D eigenvalue weighted by molar-refractivity contribution is 0.0601. The van der Waals surface area contributed by atoms with E-state index in [0.29, 0.717) is 22.7 Å². The maximum Gasteiger partial charge on any atom is 0.255 e. The van der Waals surface area contributed by atoms with Crippen LogP contribution in [-0.4, -0.2) is 38.9 Å². The highest BCUT2D eigenvalue weighted by molar-refractivity contribution is 6.05. The van der Waals surface area contributed by atoms with Gasteiger partial charge in [-0.25, -0.2) is 0 Å². The minimum atomic E-state index is -0.182. The number of anilines is 1. The number of ether oxygens (including phenoxy) is 1. The molecule has 3 aromatic rings. The van der Waals surface area contributed by atoms with E-state index in [9.17, 15) is 4.79 Å². The minimum absolute atomic E-state index is 0.182. The van der Waals surface area contributed by atoms with Crippen molar-refractivity contribution in [2.24, 2.45) is 5.92 Å². The Labute approximate surface area is 145 Å². The summed E-state index contributed by atoms with van der Waals surface area (Å²) in [7, 11) is 0. The van der Waals surface area contributed by atoms with Gasteiger partial charge in [-0.3, -0.25) is 19.4 Å². The van der Waals surface area contributed by atoms with Gasteiger partial charge >= 0.3 is 0 Å². The molecule has 4 rings (SSSR count). The Hall–Kier alpha value is -2.80. The molecule has 0 atom stereocenters. The van der Waals surface area contributed by atoms with Gasteiger partial charge in [-0.1, -0.05) is 0 Å². The van der Waals surface area contributed by atoms with Gasteiger partial charge in [0.2, 0.25) is 0 Å². The molecule has 0 unspecified atom stereocenters. The molecule has 0 spiro atoms. The minimum Gasteiger partial charge on any atom is -0.381 e. The number of rotatable bonds is 4. The second-order valence-electron chi connectivity index (χ2n) is 6.22. The van der Waals surface area contributed by atoms with Gasteiger partial charge in [0.1, 0.15) is 0 Å². The fourth-order valence-corrected chi connectivity index (χ4v) is 3.03. The van der Waals surface area contributed by atoms with Crippen LogP contribution in [0.25, 0.3) is 11.0 Å². The van der Waals surface area contributed by atoms with Crippen molar-refractivity contribution in [2.45, 2.75) is 19.4 Å². The summed E-state index contributed by atoms with van der Waals surface area (Å²) in [5, 5.41) is 7.23. The average molecular weight is 337 g/mol. The van der Waals surface area contributed by atoms with Crippen molar-refractivity contribution in [3.05, 3.63) is 48.5 Å². The molecular formula is C18H19N5O2. The highest BCUT2D eigenvalue weighted by Gasteiger charge is 2.15. The summed E-state index contributed by atoms with van der Waals surface area (Å²) in [5.41, 5.74) is 2.70. The summed E-state index contributed by atoms with van der Waals surface area (Å²) in [6.07, 6.45) is 8.91. The molecule has 0 saturated carbocycles. The van der Waals surface area contributed by atoms with E-state index in [1.807, 2.05) is 10.9 Å². The number of aromatic nitrogens is 4. The smallest absolute Gasteiger partial charge is 0.255 e. The molecule has 1 amide bonds. The van der Waals surface area contributed by atoms with Crippen molar-refractivity contribution < 1.29 is 9.53 Å². The summed E-state index contributed by atoms with van der Waals surface area (Å²) < 4.78 is 7.26. The van der Waals surface area contributed by atoms with Gasteiger partial charge in [0, 0.05) is 43.9 Å². The molecule has 0 aliphatic carbocycles. The molecule has 128 valence electrons. The van der Waals surface area contributed by atoms with Crippen LogP contribution in [0.1, 0.15) is 23.2 Å². The zero-order valence-corrected chi connectivity index (χ0v) is 13.8. The van der Waals surface area contributed by atoms with E-state index in [-0.39, 0.29) is 5.91 Å². The summed E-state index contributed by atoms with van der Waals surface area (Å²) in [6, 6.07) is 5.29. The largest absolute Gasteiger partial charge is 0.381 e. The number of nitrogens with one attached hydrogen (secondary N) is 1. The molecule has 2 aromatic heterocycles. The lowest BCUT2D eigenvalue weighted by Gasteiger charge is -2.21.